The predicted octanol–water partition coefficient (Wildman–Crippen LogP) is 2.92. The van der Waals surface area contributed by atoms with Crippen LogP contribution in [0.1, 0.15) is 24.3 Å². The summed E-state index contributed by atoms with van der Waals surface area (Å²) in [7, 11) is 1.98. The molecule has 146 valence electrons. The Hall–Kier alpha value is -3.15. The van der Waals surface area contributed by atoms with Gasteiger partial charge in [0.2, 0.25) is 0 Å². The van der Waals surface area contributed by atoms with Gasteiger partial charge in [0.1, 0.15) is 0 Å². The third-order valence-electron chi connectivity index (χ3n) is 4.55. The topological polar surface area (TPSA) is 67.2 Å². The van der Waals surface area contributed by atoms with E-state index in [9.17, 15) is 9.59 Å². The molecule has 0 radical (unpaired) electrons. The van der Waals surface area contributed by atoms with E-state index in [1.165, 1.54) is 4.68 Å². The van der Waals surface area contributed by atoms with E-state index < -0.39 is 0 Å². The first-order chi connectivity index (χ1) is 13.5. The Kier molecular flexibility index (Phi) is 6.09. The van der Waals surface area contributed by atoms with Crippen LogP contribution in [-0.2, 0) is 6.54 Å². The first kappa shape index (κ1) is 19.6. The van der Waals surface area contributed by atoms with Crippen molar-refractivity contribution >= 4 is 22.4 Å². The highest BCUT2D eigenvalue weighted by molar-refractivity contribution is 6.04. The lowest BCUT2D eigenvalue weighted by Crippen LogP contribution is -2.35. The molecule has 0 atom stereocenters. The minimum atomic E-state index is -0.268. The second kappa shape index (κ2) is 8.69. The van der Waals surface area contributed by atoms with E-state index in [-0.39, 0.29) is 17.4 Å². The van der Waals surface area contributed by atoms with Crippen molar-refractivity contribution in [2.45, 2.75) is 20.4 Å². The van der Waals surface area contributed by atoms with Gasteiger partial charge in [-0.05, 0) is 24.1 Å². The van der Waals surface area contributed by atoms with Crippen molar-refractivity contribution in [1.29, 1.82) is 0 Å². The summed E-state index contributed by atoms with van der Waals surface area (Å²) in [5.41, 5.74) is 1.22. The lowest BCUT2D eigenvalue weighted by Gasteiger charge is -2.19. The molecule has 6 nitrogen and oxygen atoms in total. The number of likely N-dealkylation sites (N-methyl/N-ethyl adjacent to an activating group) is 1. The zero-order valence-corrected chi connectivity index (χ0v) is 16.6. The summed E-state index contributed by atoms with van der Waals surface area (Å²) in [6.45, 7) is 5.65. The number of amides is 1. The Morgan fingerprint density at radius 3 is 2.39 bits per heavy atom. The maximum atomic E-state index is 12.8. The van der Waals surface area contributed by atoms with E-state index in [1.54, 1.807) is 18.2 Å². The Labute approximate surface area is 164 Å². The number of hydrogen-bond acceptors (Lipinski definition) is 4. The Morgan fingerprint density at radius 1 is 1.07 bits per heavy atom. The summed E-state index contributed by atoms with van der Waals surface area (Å²) < 4.78 is 1.40. The highest BCUT2D eigenvalue weighted by Crippen LogP contribution is 2.14. The van der Waals surface area contributed by atoms with E-state index in [1.807, 2.05) is 57.3 Å². The number of aromatic nitrogens is 2. The average molecular weight is 378 g/mol. The molecule has 1 aromatic heterocycles. The summed E-state index contributed by atoms with van der Waals surface area (Å²) in [5.74, 6) is -0.0167. The zero-order chi connectivity index (χ0) is 20.1. The Bertz CT molecular complexity index is 1010. The molecule has 0 aliphatic rings. The number of rotatable bonds is 7. The van der Waals surface area contributed by atoms with Gasteiger partial charge >= 0.3 is 0 Å². The molecule has 1 N–H and O–H groups in total. The standard InChI is InChI=1S/C22H26N4O2/c1-16(2)15-26-22(28)19-12-8-7-11-18(19)20(24-26)21(27)23-13-14-25(3)17-9-5-4-6-10-17/h4-12,16H,13-15H2,1-3H3,(H,23,27). The lowest BCUT2D eigenvalue weighted by atomic mass is 10.1. The van der Waals surface area contributed by atoms with E-state index in [0.717, 1.165) is 5.69 Å². The van der Waals surface area contributed by atoms with Crippen LogP contribution in [-0.4, -0.2) is 35.8 Å². The second-order valence-corrected chi connectivity index (χ2v) is 7.29. The molecule has 0 unspecified atom stereocenters. The molecule has 6 heteroatoms. The van der Waals surface area contributed by atoms with Crippen molar-refractivity contribution in [3.05, 3.63) is 70.6 Å². The van der Waals surface area contributed by atoms with Crippen LogP contribution in [0.15, 0.2) is 59.4 Å². The number of nitrogens with one attached hydrogen (secondary N) is 1. The molecule has 0 aliphatic heterocycles. The Morgan fingerprint density at radius 2 is 1.71 bits per heavy atom. The molecule has 0 saturated carbocycles. The third kappa shape index (κ3) is 4.39. The summed E-state index contributed by atoms with van der Waals surface area (Å²) in [4.78, 5) is 27.6. The zero-order valence-electron chi connectivity index (χ0n) is 16.6. The molecule has 0 spiro atoms. The molecule has 0 aliphatic carbocycles. The molecule has 3 aromatic rings. The van der Waals surface area contributed by atoms with Crippen molar-refractivity contribution in [3.63, 3.8) is 0 Å². The quantitative estimate of drug-likeness (QED) is 0.686. The van der Waals surface area contributed by atoms with Crippen LogP contribution in [0.5, 0.6) is 0 Å². The van der Waals surface area contributed by atoms with E-state index in [0.29, 0.717) is 36.1 Å². The molecule has 1 heterocycles. The molecular weight excluding hydrogens is 352 g/mol. The fourth-order valence-corrected chi connectivity index (χ4v) is 3.10. The summed E-state index contributed by atoms with van der Waals surface area (Å²) in [6.07, 6.45) is 0. The van der Waals surface area contributed by atoms with Crippen molar-refractivity contribution < 1.29 is 4.79 Å². The van der Waals surface area contributed by atoms with Gasteiger partial charge < -0.3 is 10.2 Å². The maximum Gasteiger partial charge on any atom is 0.274 e. The monoisotopic (exact) mass is 378 g/mol. The van der Waals surface area contributed by atoms with Gasteiger partial charge in [0.05, 0.1) is 5.39 Å². The van der Waals surface area contributed by atoms with Gasteiger partial charge in [-0.15, -0.1) is 0 Å². The first-order valence-electron chi connectivity index (χ1n) is 9.51. The van der Waals surface area contributed by atoms with Crippen molar-refractivity contribution in [3.8, 4) is 0 Å². The summed E-state index contributed by atoms with van der Waals surface area (Å²) in [5, 5.41) is 8.41. The van der Waals surface area contributed by atoms with Crippen molar-refractivity contribution in [2.24, 2.45) is 5.92 Å². The molecule has 2 aromatic carbocycles. The van der Waals surface area contributed by atoms with Crippen molar-refractivity contribution in [2.75, 3.05) is 25.0 Å². The minimum absolute atomic E-state index is 0.162. The van der Waals surface area contributed by atoms with Crippen LogP contribution >= 0.6 is 0 Å². The van der Waals surface area contributed by atoms with Crippen LogP contribution in [0.4, 0.5) is 5.69 Å². The number of benzene rings is 2. The number of nitrogens with zero attached hydrogens (tertiary/aromatic N) is 3. The summed E-state index contributed by atoms with van der Waals surface area (Å²) in [6, 6.07) is 17.1. The SMILES string of the molecule is CC(C)Cn1nc(C(=O)NCCN(C)c2ccccc2)c2ccccc2c1=O. The average Bonchev–Trinajstić information content (AvgIpc) is 2.70. The van der Waals surface area contributed by atoms with Gasteiger partial charge in [-0.2, -0.15) is 5.10 Å². The Balaban J connectivity index is 1.79. The van der Waals surface area contributed by atoms with Crippen molar-refractivity contribution in [1.82, 2.24) is 15.1 Å². The van der Waals surface area contributed by atoms with Crippen LogP contribution in [0.2, 0.25) is 0 Å². The fraction of sp³-hybridized carbons (Fsp3) is 0.318. The highest BCUT2D eigenvalue weighted by atomic mass is 16.2. The van der Waals surface area contributed by atoms with E-state index in [2.05, 4.69) is 15.3 Å². The number of para-hydroxylation sites is 1. The third-order valence-corrected chi connectivity index (χ3v) is 4.55. The predicted molar refractivity (Wildman–Crippen MR) is 113 cm³/mol. The van der Waals surface area contributed by atoms with Crippen LogP contribution in [0.25, 0.3) is 10.8 Å². The second-order valence-electron chi connectivity index (χ2n) is 7.29. The lowest BCUT2D eigenvalue weighted by molar-refractivity contribution is 0.0949. The van der Waals surface area contributed by atoms with Crippen LogP contribution < -0.4 is 15.8 Å². The molecule has 0 saturated heterocycles. The largest absolute Gasteiger partial charge is 0.373 e. The molecule has 3 rings (SSSR count). The molecule has 1 amide bonds. The number of hydrogen-bond donors (Lipinski definition) is 1. The molecule has 28 heavy (non-hydrogen) atoms. The van der Waals surface area contributed by atoms with Crippen LogP contribution in [0, 0.1) is 5.92 Å². The molecule has 0 fully saturated rings. The number of anilines is 1. The van der Waals surface area contributed by atoms with E-state index >= 15 is 0 Å². The maximum absolute atomic E-state index is 12.8. The fourth-order valence-electron chi connectivity index (χ4n) is 3.10. The highest BCUT2D eigenvalue weighted by Gasteiger charge is 2.17. The van der Waals surface area contributed by atoms with Crippen LogP contribution in [0.3, 0.4) is 0 Å². The number of fused-ring (bicyclic) bond motifs is 1. The van der Waals surface area contributed by atoms with Gasteiger partial charge in [-0.3, -0.25) is 9.59 Å². The minimum Gasteiger partial charge on any atom is -0.373 e. The van der Waals surface area contributed by atoms with Gasteiger partial charge in [0, 0.05) is 37.8 Å². The summed E-state index contributed by atoms with van der Waals surface area (Å²) >= 11 is 0. The van der Waals surface area contributed by atoms with Gasteiger partial charge in [-0.25, -0.2) is 4.68 Å². The van der Waals surface area contributed by atoms with Gasteiger partial charge in [0.25, 0.3) is 11.5 Å². The first-order valence-corrected chi connectivity index (χ1v) is 9.51. The smallest absolute Gasteiger partial charge is 0.274 e. The molecule has 0 bridgehead atoms. The van der Waals surface area contributed by atoms with E-state index in [4.69, 9.17) is 0 Å². The number of carbonyl (C=O) groups is 1. The normalized spacial score (nSPS) is 11.0. The van der Waals surface area contributed by atoms with Gasteiger partial charge in [0.15, 0.2) is 5.69 Å². The molecular formula is C22H26N4O2. The number of carbonyl (C=O) groups excluding carboxylic acids is 1. The van der Waals surface area contributed by atoms with Gasteiger partial charge in [-0.1, -0.05) is 50.2 Å².